The predicted octanol–water partition coefficient (Wildman–Crippen LogP) is 10.7. The molecule has 6 aromatic rings. The molecule has 0 fully saturated rings. The normalized spacial score (nSPS) is 12.5. The molecule has 0 saturated carbocycles. The summed E-state index contributed by atoms with van der Waals surface area (Å²) in [5.74, 6) is 0.987. The summed E-state index contributed by atoms with van der Waals surface area (Å²) in [5.41, 5.74) is 11.0. The minimum absolute atomic E-state index is 0. The van der Waals surface area contributed by atoms with Crippen LogP contribution in [0, 0.1) is 13.0 Å². The summed E-state index contributed by atoms with van der Waals surface area (Å²) >= 11 is 0. The Kier molecular flexibility index (Phi) is 8.62. The topological polar surface area (TPSA) is 50.9 Å². The summed E-state index contributed by atoms with van der Waals surface area (Å²) in [4.78, 5) is 10.1. The maximum Gasteiger partial charge on any atom is 0.144 e. The number of aromatic nitrogens is 3. The number of hydrogen-bond donors (Lipinski definition) is 1. The van der Waals surface area contributed by atoms with Gasteiger partial charge in [-0.15, -0.1) is 35.4 Å². The Morgan fingerprint density at radius 1 is 0.674 bits per heavy atom. The van der Waals surface area contributed by atoms with Gasteiger partial charge in [-0.05, 0) is 84.9 Å². The van der Waals surface area contributed by atoms with Crippen molar-refractivity contribution < 1.29 is 26.2 Å². The van der Waals surface area contributed by atoms with Crippen LogP contribution in [-0.4, -0.2) is 19.6 Å². The van der Waals surface area contributed by atoms with Crippen molar-refractivity contribution in [2.45, 2.75) is 85.6 Å². The van der Waals surface area contributed by atoms with E-state index in [1.807, 2.05) is 12.3 Å². The number of nitrogens with zero attached hydrogens (tertiary/aromatic N) is 3. The molecule has 4 nitrogen and oxygen atoms in total. The van der Waals surface area contributed by atoms with E-state index < -0.39 is 0 Å². The minimum atomic E-state index is -0.283. The third kappa shape index (κ3) is 6.05. The van der Waals surface area contributed by atoms with E-state index in [1.54, 1.807) is 6.07 Å². The van der Waals surface area contributed by atoms with Crippen molar-refractivity contribution in [1.82, 2.24) is 14.5 Å². The van der Waals surface area contributed by atoms with Crippen molar-refractivity contribution in [3.8, 4) is 39.4 Å². The summed E-state index contributed by atoms with van der Waals surface area (Å²) in [5, 5.41) is 12.3. The summed E-state index contributed by atoms with van der Waals surface area (Å²) in [6, 6.07) is 29.0. The van der Waals surface area contributed by atoms with Gasteiger partial charge < -0.3 is 9.67 Å². The van der Waals surface area contributed by atoms with Crippen molar-refractivity contribution >= 4 is 21.9 Å². The molecule has 46 heavy (non-hydrogen) atoms. The second-order valence-corrected chi connectivity index (χ2v) is 15.4. The molecule has 0 aliphatic rings. The van der Waals surface area contributed by atoms with Crippen molar-refractivity contribution in [3.63, 3.8) is 0 Å². The third-order valence-corrected chi connectivity index (χ3v) is 8.76. The summed E-state index contributed by atoms with van der Waals surface area (Å²) in [7, 11) is 0. The molecule has 0 atom stereocenters. The van der Waals surface area contributed by atoms with Gasteiger partial charge in [-0.1, -0.05) is 83.0 Å². The molecule has 2 aromatic heterocycles. The Morgan fingerprint density at radius 2 is 1.30 bits per heavy atom. The van der Waals surface area contributed by atoms with Gasteiger partial charge in [0.15, 0.2) is 0 Å². The van der Waals surface area contributed by atoms with Crippen LogP contribution in [0.2, 0.25) is 0 Å². The quantitative estimate of drug-likeness (QED) is 0.182. The molecular formula is C41H44N3OPt-. The molecular weight excluding hydrogens is 746 g/mol. The Labute approximate surface area is 288 Å². The molecule has 0 aliphatic heterocycles. The van der Waals surface area contributed by atoms with Gasteiger partial charge >= 0.3 is 0 Å². The first-order valence-electron chi connectivity index (χ1n) is 15.8. The maximum atomic E-state index is 11.1. The number of phenols is 1. The van der Waals surface area contributed by atoms with Crippen LogP contribution in [0.4, 0.5) is 0 Å². The van der Waals surface area contributed by atoms with Crippen molar-refractivity contribution in [3.05, 3.63) is 102 Å². The molecule has 0 bridgehead atoms. The SMILES string of the molecule is Cc1ccnc2c(-c3[c-]c(-c4cccc5c4nc(-c4cc(C(C)(C)C)ccc4O)n5C(C)(C)C)ccc3)cc(C(C)(C)C)cc12.[Pt]. The number of imidazole rings is 1. The van der Waals surface area contributed by atoms with Gasteiger partial charge in [0.2, 0.25) is 0 Å². The zero-order chi connectivity index (χ0) is 32.5. The zero-order valence-electron chi connectivity index (χ0n) is 28.6. The number of rotatable bonds is 3. The number of benzene rings is 4. The molecule has 0 saturated heterocycles. The van der Waals surface area contributed by atoms with Gasteiger partial charge in [-0.3, -0.25) is 4.98 Å². The molecule has 0 radical (unpaired) electrons. The number of pyridine rings is 1. The number of hydrogen-bond acceptors (Lipinski definition) is 3. The third-order valence-electron chi connectivity index (χ3n) is 8.76. The van der Waals surface area contributed by atoms with Gasteiger partial charge in [-0.2, -0.15) is 0 Å². The predicted molar refractivity (Wildman–Crippen MR) is 189 cm³/mol. The van der Waals surface area contributed by atoms with E-state index in [1.165, 1.54) is 16.5 Å². The number of fused-ring (bicyclic) bond motifs is 2. The molecule has 0 unspecified atom stereocenters. The van der Waals surface area contributed by atoms with Gasteiger partial charge in [-0.25, -0.2) is 4.98 Å². The van der Waals surface area contributed by atoms with Crippen LogP contribution in [0.1, 0.15) is 79.0 Å². The number of para-hydroxylation sites is 1. The molecule has 0 spiro atoms. The number of phenolic OH excluding ortho intramolecular Hbond substituents is 1. The Hall–Kier alpha value is -3.75. The summed E-state index contributed by atoms with van der Waals surface area (Å²) < 4.78 is 2.25. The number of aromatic hydroxyl groups is 1. The Bertz CT molecular complexity index is 2080. The van der Waals surface area contributed by atoms with Gasteiger partial charge in [0.05, 0.1) is 16.6 Å². The van der Waals surface area contributed by atoms with Crippen LogP contribution in [0.15, 0.2) is 79.0 Å². The molecule has 0 aliphatic carbocycles. The largest absolute Gasteiger partial charge is 0.507 e. The van der Waals surface area contributed by atoms with Gasteiger partial charge in [0, 0.05) is 38.3 Å². The fraction of sp³-hybridized carbons (Fsp3) is 0.317. The van der Waals surface area contributed by atoms with Crippen molar-refractivity contribution in [2.24, 2.45) is 0 Å². The van der Waals surface area contributed by atoms with Crippen LogP contribution in [0.5, 0.6) is 5.75 Å². The summed E-state index contributed by atoms with van der Waals surface area (Å²) in [6.45, 7) is 22.0. The van der Waals surface area contributed by atoms with Crippen LogP contribution >= 0.6 is 0 Å². The van der Waals surface area contributed by atoms with Crippen LogP contribution in [-0.2, 0) is 37.4 Å². The van der Waals surface area contributed by atoms with E-state index in [4.69, 9.17) is 9.97 Å². The fourth-order valence-corrected chi connectivity index (χ4v) is 6.17. The van der Waals surface area contributed by atoms with Crippen LogP contribution in [0.3, 0.4) is 0 Å². The second kappa shape index (κ2) is 11.8. The van der Waals surface area contributed by atoms with Crippen LogP contribution < -0.4 is 0 Å². The monoisotopic (exact) mass is 789 g/mol. The van der Waals surface area contributed by atoms with E-state index in [2.05, 4.69) is 141 Å². The van der Waals surface area contributed by atoms with Gasteiger partial charge in [0.25, 0.3) is 0 Å². The first kappa shape index (κ1) is 33.6. The van der Waals surface area contributed by atoms with Crippen molar-refractivity contribution in [1.29, 1.82) is 0 Å². The molecule has 0 amide bonds. The molecule has 5 heteroatoms. The Morgan fingerprint density at radius 3 is 1.96 bits per heavy atom. The van der Waals surface area contributed by atoms with E-state index in [-0.39, 0.29) is 43.2 Å². The molecule has 1 N–H and O–H groups in total. The smallest absolute Gasteiger partial charge is 0.144 e. The van der Waals surface area contributed by atoms with E-state index >= 15 is 0 Å². The zero-order valence-corrected chi connectivity index (χ0v) is 30.9. The second-order valence-electron chi connectivity index (χ2n) is 15.4. The first-order chi connectivity index (χ1) is 21.0. The molecule has 240 valence electrons. The Balaban J connectivity index is 0.00000417. The minimum Gasteiger partial charge on any atom is -0.507 e. The standard InChI is InChI=1S/C41H44N3O.Pt/c1-25-19-20-42-36-31(25)23-29(40(5,6)7)24-32(36)27-14-11-13-26(21-27)30-15-12-16-34-37(30)43-38(44(34)41(8,9)10)33-22-28(39(2,3)4)17-18-35(33)45;/h11-20,22-24,45H,1-10H3;/q-1;. The average molecular weight is 790 g/mol. The molecule has 2 heterocycles. The van der Waals surface area contributed by atoms with Crippen molar-refractivity contribution in [2.75, 3.05) is 0 Å². The van der Waals surface area contributed by atoms with Gasteiger partial charge in [0.1, 0.15) is 11.6 Å². The van der Waals surface area contributed by atoms with E-state index in [9.17, 15) is 5.11 Å². The average Bonchev–Trinajstić information content (AvgIpc) is 3.36. The molecule has 4 aromatic carbocycles. The van der Waals surface area contributed by atoms with E-state index in [0.29, 0.717) is 0 Å². The first-order valence-corrected chi connectivity index (χ1v) is 15.8. The fourth-order valence-electron chi connectivity index (χ4n) is 6.17. The van der Waals surface area contributed by atoms with Crippen LogP contribution in [0.25, 0.3) is 55.6 Å². The number of aryl methyl sites for hydroxylation is 1. The molecule has 6 rings (SSSR count). The summed E-state index contributed by atoms with van der Waals surface area (Å²) in [6.07, 6.45) is 1.90. The maximum absolute atomic E-state index is 11.1. The van der Waals surface area contributed by atoms with E-state index in [0.717, 1.165) is 55.8 Å².